The van der Waals surface area contributed by atoms with E-state index < -0.39 is 0 Å². The van der Waals surface area contributed by atoms with Crippen LogP contribution in [0.2, 0.25) is 0 Å². The molecule has 0 spiro atoms. The predicted octanol–water partition coefficient (Wildman–Crippen LogP) is 3.93. The largest absolute Gasteiger partial charge is 0.392 e. The number of hydrogen-bond acceptors (Lipinski definition) is 2. The van der Waals surface area contributed by atoms with Gasteiger partial charge in [-0.3, -0.25) is 0 Å². The molecule has 0 aromatic carbocycles. The molecule has 0 atom stereocenters. The van der Waals surface area contributed by atoms with Crippen molar-refractivity contribution in [3.05, 3.63) is 12.2 Å². The van der Waals surface area contributed by atoms with Crippen LogP contribution in [0.15, 0.2) is 17.3 Å². The molecule has 14 heavy (non-hydrogen) atoms. The first kappa shape index (κ1) is 13.2. The van der Waals surface area contributed by atoms with E-state index >= 15 is 0 Å². The van der Waals surface area contributed by atoms with Crippen LogP contribution in [0.3, 0.4) is 0 Å². The smallest absolute Gasteiger partial charge is 0.135 e. The Balaban J connectivity index is 3.71. The summed E-state index contributed by atoms with van der Waals surface area (Å²) in [6, 6.07) is 0. The Kier molecular flexibility index (Phi) is 9.71. The van der Waals surface area contributed by atoms with E-state index in [1.54, 1.807) is 0 Å². The van der Waals surface area contributed by atoms with Crippen LogP contribution in [0, 0.1) is 0 Å². The highest BCUT2D eigenvalue weighted by Crippen LogP contribution is 2.01. The minimum atomic E-state index is 0.602. The zero-order valence-electron chi connectivity index (χ0n) is 9.75. The number of oxime groups is 1. The van der Waals surface area contributed by atoms with E-state index in [4.69, 9.17) is 4.84 Å². The van der Waals surface area contributed by atoms with Crippen LogP contribution in [0.25, 0.3) is 0 Å². The summed E-state index contributed by atoms with van der Waals surface area (Å²) in [5, 5.41) is 4.14. The lowest BCUT2D eigenvalue weighted by atomic mass is 10.1. The van der Waals surface area contributed by atoms with Crippen molar-refractivity contribution in [1.82, 2.24) is 0 Å². The fourth-order valence-corrected chi connectivity index (χ4v) is 1.20. The predicted molar refractivity (Wildman–Crippen MR) is 62.6 cm³/mol. The first-order chi connectivity index (χ1) is 6.85. The average molecular weight is 197 g/mol. The van der Waals surface area contributed by atoms with E-state index in [0.717, 1.165) is 32.1 Å². The van der Waals surface area contributed by atoms with Gasteiger partial charge < -0.3 is 4.84 Å². The summed E-state index contributed by atoms with van der Waals surface area (Å²) < 4.78 is 0. The molecular formula is C12H23NO. The van der Waals surface area contributed by atoms with Gasteiger partial charge in [0, 0.05) is 0 Å². The lowest BCUT2D eigenvalue weighted by Gasteiger charge is -2.02. The van der Waals surface area contributed by atoms with Gasteiger partial charge in [-0.05, 0) is 25.3 Å². The Hall–Kier alpha value is -0.790. The van der Waals surface area contributed by atoms with Crippen molar-refractivity contribution in [3.63, 3.8) is 0 Å². The van der Waals surface area contributed by atoms with Crippen LogP contribution in [0.5, 0.6) is 0 Å². The summed E-state index contributed by atoms with van der Waals surface area (Å²) in [5.41, 5.74) is 1.19. The molecule has 2 nitrogen and oxygen atoms in total. The maximum Gasteiger partial charge on any atom is 0.135 e. The van der Waals surface area contributed by atoms with E-state index in [9.17, 15) is 0 Å². The third kappa shape index (κ3) is 7.84. The highest BCUT2D eigenvalue weighted by Gasteiger charge is 1.96. The summed E-state index contributed by atoms with van der Waals surface area (Å²) in [6.45, 7) is 7.05. The van der Waals surface area contributed by atoms with Crippen LogP contribution in [-0.2, 0) is 4.84 Å². The van der Waals surface area contributed by atoms with Gasteiger partial charge in [0.25, 0.3) is 0 Å². The van der Waals surface area contributed by atoms with E-state index in [1.807, 2.05) is 6.08 Å². The maximum atomic E-state index is 5.20. The second-order valence-corrected chi connectivity index (χ2v) is 3.33. The lowest BCUT2D eigenvalue weighted by molar-refractivity contribution is 0.173. The van der Waals surface area contributed by atoms with Crippen LogP contribution in [-0.4, -0.2) is 12.3 Å². The molecule has 2 heteroatoms. The quantitative estimate of drug-likeness (QED) is 0.250. The Labute approximate surface area is 88.0 Å². The molecule has 0 N–H and O–H groups in total. The number of rotatable bonds is 8. The highest BCUT2D eigenvalue weighted by molar-refractivity contribution is 5.83. The van der Waals surface area contributed by atoms with Crippen molar-refractivity contribution >= 4 is 5.71 Å². The molecule has 0 bridgehead atoms. The fraction of sp³-hybridized carbons (Fsp3) is 0.750. The van der Waals surface area contributed by atoms with Gasteiger partial charge in [0.2, 0.25) is 0 Å². The second kappa shape index (κ2) is 10.3. The van der Waals surface area contributed by atoms with Gasteiger partial charge in [-0.25, -0.2) is 0 Å². The van der Waals surface area contributed by atoms with E-state index in [2.05, 4.69) is 32.0 Å². The third-order valence-electron chi connectivity index (χ3n) is 1.84. The molecule has 82 valence electrons. The van der Waals surface area contributed by atoms with Crippen LogP contribution >= 0.6 is 0 Å². The zero-order chi connectivity index (χ0) is 10.6. The van der Waals surface area contributed by atoms with Crippen molar-refractivity contribution in [2.75, 3.05) is 6.61 Å². The minimum absolute atomic E-state index is 0.602. The van der Waals surface area contributed by atoms with Gasteiger partial charge in [0.05, 0.1) is 5.71 Å². The van der Waals surface area contributed by atoms with Crippen molar-refractivity contribution in [2.24, 2.45) is 5.16 Å². The molecule has 0 fully saturated rings. The van der Waals surface area contributed by atoms with Crippen LogP contribution in [0.1, 0.15) is 52.9 Å². The lowest BCUT2D eigenvalue weighted by Crippen LogP contribution is -1.98. The molecule has 0 aliphatic carbocycles. The van der Waals surface area contributed by atoms with E-state index in [0.29, 0.717) is 6.61 Å². The van der Waals surface area contributed by atoms with Gasteiger partial charge in [-0.15, -0.1) is 0 Å². The van der Waals surface area contributed by atoms with Gasteiger partial charge >= 0.3 is 0 Å². The molecule has 0 aromatic heterocycles. The van der Waals surface area contributed by atoms with E-state index in [1.165, 1.54) is 5.71 Å². The Morgan fingerprint density at radius 1 is 1.07 bits per heavy atom. The molecule has 0 aliphatic heterocycles. The molecule has 0 saturated heterocycles. The van der Waals surface area contributed by atoms with Crippen molar-refractivity contribution in [2.45, 2.75) is 52.9 Å². The van der Waals surface area contributed by atoms with Crippen LogP contribution in [0.4, 0.5) is 0 Å². The van der Waals surface area contributed by atoms with Gasteiger partial charge in [-0.1, -0.05) is 44.8 Å². The molecule has 0 aromatic rings. The molecule has 0 aliphatic rings. The van der Waals surface area contributed by atoms with Crippen LogP contribution < -0.4 is 0 Å². The Morgan fingerprint density at radius 2 is 1.71 bits per heavy atom. The number of hydrogen-bond donors (Lipinski definition) is 0. The number of nitrogens with zero attached hydrogens (tertiary/aromatic N) is 1. The second-order valence-electron chi connectivity index (χ2n) is 3.33. The summed E-state index contributed by atoms with van der Waals surface area (Å²) in [4.78, 5) is 5.20. The molecular weight excluding hydrogens is 174 g/mol. The number of allylic oxidation sites excluding steroid dienone is 1. The maximum absolute atomic E-state index is 5.20. The van der Waals surface area contributed by atoms with E-state index in [-0.39, 0.29) is 0 Å². The first-order valence-electron chi connectivity index (χ1n) is 5.67. The fourth-order valence-electron chi connectivity index (χ4n) is 1.20. The Morgan fingerprint density at radius 3 is 2.21 bits per heavy atom. The molecule has 0 amide bonds. The van der Waals surface area contributed by atoms with Crippen molar-refractivity contribution in [1.29, 1.82) is 0 Å². The minimum Gasteiger partial charge on any atom is -0.392 e. The normalized spacial score (nSPS) is 10.5. The highest BCUT2D eigenvalue weighted by atomic mass is 16.6. The van der Waals surface area contributed by atoms with Gasteiger partial charge in [-0.2, -0.15) is 0 Å². The monoisotopic (exact) mass is 197 g/mol. The molecule has 0 rings (SSSR count). The topological polar surface area (TPSA) is 21.6 Å². The first-order valence-corrected chi connectivity index (χ1v) is 5.67. The molecule has 0 saturated carbocycles. The van der Waals surface area contributed by atoms with Crippen molar-refractivity contribution in [3.8, 4) is 0 Å². The third-order valence-corrected chi connectivity index (χ3v) is 1.84. The van der Waals surface area contributed by atoms with Gasteiger partial charge in [0.1, 0.15) is 6.61 Å². The summed E-state index contributed by atoms with van der Waals surface area (Å²) in [6.07, 6.45) is 9.58. The summed E-state index contributed by atoms with van der Waals surface area (Å²) in [5.74, 6) is 0. The standard InChI is InChI=1S/C12H23NO/c1-4-7-8-11-14-13-12(9-5-2)10-6-3/h7-8H,4-6,9-11H2,1-3H3/b8-7+. The summed E-state index contributed by atoms with van der Waals surface area (Å²) >= 11 is 0. The molecule has 0 radical (unpaired) electrons. The van der Waals surface area contributed by atoms with Gasteiger partial charge in [0.15, 0.2) is 0 Å². The Bertz CT molecular complexity index is 165. The zero-order valence-corrected chi connectivity index (χ0v) is 9.75. The van der Waals surface area contributed by atoms with Crippen molar-refractivity contribution < 1.29 is 4.84 Å². The molecule has 0 unspecified atom stereocenters. The molecule has 0 heterocycles. The SMILES string of the molecule is CC/C=C/CON=C(CCC)CCC. The summed E-state index contributed by atoms with van der Waals surface area (Å²) in [7, 11) is 0. The average Bonchev–Trinajstić information content (AvgIpc) is 2.18.